The van der Waals surface area contributed by atoms with Crippen molar-refractivity contribution in [2.24, 2.45) is 18.4 Å². The van der Waals surface area contributed by atoms with Crippen molar-refractivity contribution in [2.75, 3.05) is 18.4 Å². The van der Waals surface area contributed by atoms with Gasteiger partial charge in [-0.15, -0.1) is 5.10 Å². The van der Waals surface area contributed by atoms with E-state index in [1.807, 2.05) is 24.3 Å². The molecule has 2 aromatic rings. The largest absolute Gasteiger partial charge is 0.326 e. The number of fused-ring (bicyclic) bond motifs is 1. The van der Waals surface area contributed by atoms with E-state index in [0.717, 1.165) is 43.6 Å². The van der Waals surface area contributed by atoms with E-state index >= 15 is 0 Å². The molecule has 0 bridgehead atoms. The number of rotatable bonds is 3. The maximum atomic E-state index is 13.0. The molecule has 0 unspecified atom stereocenters. The molecule has 1 aromatic carbocycles. The van der Waals surface area contributed by atoms with E-state index in [1.165, 1.54) is 6.42 Å². The summed E-state index contributed by atoms with van der Waals surface area (Å²) in [5.41, 5.74) is 1.44. The number of nitrogens with zero attached hydrogens (tertiary/aromatic N) is 4. The van der Waals surface area contributed by atoms with Gasteiger partial charge in [-0.1, -0.05) is 25.0 Å². The lowest BCUT2D eigenvalue weighted by molar-refractivity contribution is -0.128. The molecule has 4 rings (SSSR count). The third kappa shape index (κ3) is 2.49. The number of anilines is 1. The molecule has 24 heavy (non-hydrogen) atoms. The van der Waals surface area contributed by atoms with Crippen LogP contribution in [-0.2, 0) is 11.8 Å². The lowest BCUT2D eigenvalue weighted by atomic mass is 9.67. The van der Waals surface area contributed by atoms with Crippen molar-refractivity contribution in [3.8, 4) is 11.4 Å². The van der Waals surface area contributed by atoms with Gasteiger partial charge in [0.15, 0.2) is 5.82 Å². The van der Waals surface area contributed by atoms with Crippen LogP contribution in [0.1, 0.15) is 25.7 Å². The van der Waals surface area contributed by atoms with Gasteiger partial charge in [0.1, 0.15) is 0 Å². The number of aromatic nitrogens is 4. The quantitative estimate of drug-likeness (QED) is 0.895. The second kappa shape index (κ2) is 5.98. The lowest BCUT2D eigenvalue weighted by Gasteiger charge is -2.37. The monoisotopic (exact) mass is 326 g/mol. The van der Waals surface area contributed by atoms with Crippen molar-refractivity contribution in [2.45, 2.75) is 25.7 Å². The summed E-state index contributed by atoms with van der Waals surface area (Å²) >= 11 is 0. The number of hydrogen-bond acceptors (Lipinski definition) is 5. The Bertz CT molecular complexity index is 757. The predicted molar refractivity (Wildman–Crippen MR) is 90.1 cm³/mol. The summed E-state index contributed by atoms with van der Waals surface area (Å²) in [6.07, 6.45) is 4.49. The smallest absolute Gasteiger partial charge is 0.232 e. The molecule has 1 saturated heterocycles. The normalized spacial score (nSPS) is 26.1. The van der Waals surface area contributed by atoms with Crippen LogP contribution in [-0.4, -0.2) is 39.2 Å². The second-order valence-electron chi connectivity index (χ2n) is 6.89. The average Bonchev–Trinajstić information content (AvgIpc) is 3.21. The van der Waals surface area contributed by atoms with Crippen molar-refractivity contribution in [1.29, 1.82) is 0 Å². The van der Waals surface area contributed by atoms with E-state index in [1.54, 1.807) is 11.7 Å². The Morgan fingerprint density at radius 2 is 2.33 bits per heavy atom. The number of benzene rings is 1. The van der Waals surface area contributed by atoms with Crippen LogP contribution in [0.15, 0.2) is 24.3 Å². The van der Waals surface area contributed by atoms with Gasteiger partial charge in [0, 0.05) is 24.8 Å². The molecule has 1 aromatic heterocycles. The lowest BCUT2D eigenvalue weighted by Crippen LogP contribution is -2.44. The highest BCUT2D eigenvalue weighted by Gasteiger charge is 2.49. The maximum Gasteiger partial charge on any atom is 0.232 e. The summed E-state index contributed by atoms with van der Waals surface area (Å²) in [5.74, 6) is 1.28. The fourth-order valence-corrected chi connectivity index (χ4v) is 4.16. The van der Waals surface area contributed by atoms with Crippen molar-refractivity contribution in [3.05, 3.63) is 24.3 Å². The minimum absolute atomic E-state index is 0.144. The number of hydrogen-bond donors (Lipinski definition) is 2. The number of carbonyl (C=O) groups excluding carboxylic acids is 1. The summed E-state index contributed by atoms with van der Waals surface area (Å²) in [6, 6.07) is 7.71. The number of tetrazole rings is 1. The van der Waals surface area contributed by atoms with Crippen LogP contribution in [0.4, 0.5) is 5.69 Å². The van der Waals surface area contributed by atoms with E-state index < -0.39 is 0 Å². The first-order valence-corrected chi connectivity index (χ1v) is 8.54. The van der Waals surface area contributed by atoms with E-state index in [0.29, 0.717) is 11.7 Å². The number of aryl methyl sites for hydroxylation is 1. The molecular weight excluding hydrogens is 304 g/mol. The summed E-state index contributed by atoms with van der Waals surface area (Å²) in [5, 5.41) is 18.1. The number of amides is 1. The molecule has 7 nitrogen and oxygen atoms in total. The summed E-state index contributed by atoms with van der Waals surface area (Å²) in [4.78, 5) is 13.0. The molecule has 7 heteroatoms. The van der Waals surface area contributed by atoms with Crippen molar-refractivity contribution < 1.29 is 4.79 Å². The molecule has 0 radical (unpaired) electrons. The van der Waals surface area contributed by atoms with Crippen LogP contribution < -0.4 is 10.6 Å². The Balaban J connectivity index is 1.57. The summed E-state index contributed by atoms with van der Waals surface area (Å²) in [6.45, 7) is 1.74. The Morgan fingerprint density at radius 3 is 3.17 bits per heavy atom. The van der Waals surface area contributed by atoms with Gasteiger partial charge in [-0.3, -0.25) is 4.79 Å². The molecule has 1 saturated carbocycles. The third-order valence-electron chi connectivity index (χ3n) is 5.49. The molecule has 2 fully saturated rings. The standard InChI is InChI=1S/C17H22N6O/c1-23-15(20-21-22-23)12-5-4-7-14(9-12)19-16(24)17-8-3-2-6-13(17)10-18-11-17/h4-5,7,9,13,18H,2-3,6,8,10-11H2,1H3,(H,19,24)/t13-,17+/m0/s1. The minimum Gasteiger partial charge on any atom is -0.326 e. The van der Waals surface area contributed by atoms with Gasteiger partial charge in [-0.2, -0.15) is 0 Å². The highest BCUT2D eigenvalue weighted by Crippen LogP contribution is 2.44. The molecule has 126 valence electrons. The molecular formula is C17H22N6O. The van der Waals surface area contributed by atoms with Crippen molar-refractivity contribution in [1.82, 2.24) is 25.5 Å². The zero-order valence-corrected chi connectivity index (χ0v) is 13.8. The van der Waals surface area contributed by atoms with Gasteiger partial charge in [0.05, 0.1) is 5.41 Å². The molecule has 2 atom stereocenters. The van der Waals surface area contributed by atoms with Crippen LogP contribution in [0.2, 0.25) is 0 Å². The fraction of sp³-hybridized carbons (Fsp3) is 0.529. The number of nitrogens with one attached hydrogen (secondary N) is 2. The molecule has 1 amide bonds. The Morgan fingerprint density at radius 1 is 1.42 bits per heavy atom. The van der Waals surface area contributed by atoms with Crippen molar-refractivity contribution >= 4 is 11.6 Å². The topological polar surface area (TPSA) is 84.7 Å². The Hall–Kier alpha value is -2.28. The van der Waals surface area contributed by atoms with Gasteiger partial charge in [-0.25, -0.2) is 4.68 Å². The SMILES string of the molecule is Cn1nnnc1-c1cccc(NC(=O)[C@@]23CCCC[C@H]2CNC3)c1. The van der Waals surface area contributed by atoms with Gasteiger partial charge in [0.25, 0.3) is 0 Å². The van der Waals surface area contributed by atoms with E-state index in [9.17, 15) is 4.79 Å². The van der Waals surface area contributed by atoms with Crippen LogP contribution >= 0.6 is 0 Å². The van der Waals surface area contributed by atoms with Gasteiger partial charge >= 0.3 is 0 Å². The maximum absolute atomic E-state index is 13.0. The van der Waals surface area contributed by atoms with Gasteiger partial charge in [0.2, 0.25) is 5.91 Å². The zero-order chi connectivity index (χ0) is 16.6. The molecule has 2 N–H and O–H groups in total. The summed E-state index contributed by atoms with van der Waals surface area (Å²) < 4.78 is 1.62. The first-order valence-electron chi connectivity index (χ1n) is 8.54. The fourth-order valence-electron chi connectivity index (χ4n) is 4.16. The predicted octanol–water partition coefficient (Wildman–Crippen LogP) is 1.60. The van der Waals surface area contributed by atoms with E-state index in [2.05, 4.69) is 26.2 Å². The van der Waals surface area contributed by atoms with E-state index in [4.69, 9.17) is 0 Å². The molecule has 1 aliphatic heterocycles. The molecule has 2 aliphatic rings. The average molecular weight is 326 g/mol. The zero-order valence-electron chi connectivity index (χ0n) is 13.8. The first kappa shape index (κ1) is 15.3. The highest BCUT2D eigenvalue weighted by molar-refractivity contribution is 5.96. The van der Waals surface area contributed by atoms with Crippen molar-refractivity contribution in [3.63, 3.8) is 0 Å². The highest BCUT2D eigenvalue weighted by atomic mass is 16.2. The van der Waals surface area contributed by atoms with Gasteiger partial charge < -0.3 is 10.6 Å². The summed E-state index contributed by atoms with van der Waals surface area (Å²) in [7, 11) is 1.80. The third-order valence-corrected chi connectivity index (χ3v) is 5.49. The molecule has 0 spiro atoms. The van der Waals surface area contributed by atoms with Crippen LogP contribution in [0, 0.1) is 11.3 Å². The number of carbonyl (C=O) groups is 1. The minimum atomic E-state index is -0.249. The molecule has 2 heterocycles. The molecule has 1 aliphatic carbocycles. The Kier molecular flexibility index (Phi) is 3.80. The van der Waals surface area contributed by atoms with E-state index in [-0.39, 0.29) is 11.3 Å². The first-order chi connectivity index (χ1) is 11.7. The van der Waals surface area contributed by atoms with Crippen LogP contribution in [0.5, 0.6) is 0 Å². The van der Waals surface area contributed by atoms with Gasteiger partial charge in [-0.05, 0) is 47.9 Å². The second-order valence-corrected chi connectivity index (χ2v) is 6.89. The van der Waals surface area contributed by atoms with Crippen LogP contribution in [0.25, 0.3) is 11.4 Å². The van der Waals surface area contributed by atoms with Crippen LogP contribution in [0.3, 0.4) is 0 Å². The Labute approximate surface area is 140 Å².